The number of ether oxygens (including phenoxy) is 1. The number of carbonyl (C=O) groups excluding carboxylic acids is 1. The zero-order chi connectivity index (χ0) is 19.2. The van der Waals surface area contributed by atoms with E-state index in [1.54, 1.807) is 48.5 Å². The maximum atomic E-state index is 13.0. The lowest BCUT2D eigenvalue weighted by Gasteiger charge is -2.21. The van der Waals surface area contributed by atoms with Crippen molar-refractivity contribution >= 4 is 34.7 Å². The van der Waals surface area contributed by atoms with Gasteiger partial charge in [-0.3, -0.25) is 4.79 Å². The second-order valence-corrected chi connectivity index (χ2v) is 6.22. The minimum absolute atomic E-state index is 0.0905. The van der Waals surface area contributed by atoms with Crippen LogP contribution in [0.4, 0.5) is 17.2 Å². The quantitative estimate of drug-likeness (QED) is 0.641. The standard InChI is InChI=1S/C21H20ClN3O2/c1-3-25(17-7-5-4-6-8-17)21(26)15-11-12-23-20(13-15)24-18-14-16(22)9-10-19(18)27-2/h4-14H,3H2,1-2H3,(H,23,24). The molecule has 0 aliphatic heterocycles. The van der Waals surface area contributed by atoms with E-state index < -0.39 is 0 Å². The van der Waals surface area contributed by atoms with Gasteiger partial charge in [-0.05, 0) is 49.4 Å². The molecule has 0 saturated carbocycles. The minimum atomic E-state index is -0.0905. The van der Waals surface area contributed by atoms with Gasteiger partial charge < -0.3 is 15.0 Å². The predicted octanol–water partition coefficient (Wildman–Crippen LogP) is 5.15. The van der Waals surface area contributed by atoms with Gasteiger partial charge in [-0.2, -0.15) is 0 Å². The summed E-state index contributed by atoms with van der Waals surface area (Å²) in [5, 5.41) is 3.74. The Hall–Kier alpha value is -3.05. The number of hydrogen-bond donors (Lipinski definition) is 1. The van der Waals surface area contributed by atoms with Crippen molar-refractivity contribution in [1.82, 2.24) is 4.98 Å². The molecule has 0 bridgehead atoms. The molecule has 0 aliphatic rings. The number of para-hydroxylation sites is 1. The average Bonchev–Trinajstić information content (AvgIpc) is 2.70. The van der Waals surface area contributed by atoms with Gasteiger partial charge in [-0.1, -0.05) is 29.8 Å². The SMILES string of the molecule is CCN(C(=O)c1ccnc(Nc2cc(Cl)ccc2OC)c1)c1ccccc1. The molecule has 1 amide bonds. The van der Waals surface area contributed by atoms with Crippen LogP contribution in [0.1, 0.15) is 17.3 Å². The van der Waals surface area contributed by atoms with Gasteiger partial charge in [0.05, 0.1) is 12.8 Å². The number of carbonyl (C=O) groups is 1. The Balaban J connectivity index is 1.87. The van der Waals surface area contributed by atoms with Gasteiger partial charge >= 0.3 is 0 Å². The molecule has 2 aromatic carbocycles. The Morgan fingerprint density at radius 1 is 1.15 bits per heavy atom. The highest BCUT2D eigenvalue weighted by molar-refractivity contribution is 6.31. The lowest BCUT2D eigenvalue weighted by atomic mass is 10.2. The van der Waals surface area contributed by atoms with Crippen molar-refractivity contribution in [2.75, 3.05) is 23.9 Å². The first-order valence-corrected chi connectivity index (χ1v) is 8.93. The van der Waals surface area contributed by atoms with E-state index in [9.17, 15) is 4.79 Å². The summed E-state index contributed by atoms with van der Waals surface area (Å²) < 4.78 is 5.34. The lowest BCUT2D eigenvalue weighted by molar-refractivity contribution is 0.0988. The molecule has 1 aromatic heterocycles. The number of nitrogens with zero attached hydrogens (tertiary/aromatic N) is 2. The number of aromatic nitrogens is 1. The van der Waals surface area contributed by atoms with Crippen LogP contribution in [-0.4, -0.2) is 24.5 Å². The fourth-order valence-corrected chi connectivity index (χ4v) is 2.93. The van der Waals surface area contributed by atoms with Crippen LogP contribution in [0.25, 0.3) is 0 Å². The largest absolute Gasteiger partial charge is 0.495 e. The summed E-state index contributed by atoms with van der Waals surface area (Å²) in [6.45, 7) is 2.51. The molecule has 0 saturated heterocycles. The molecule has 1 heterocycles. The number of rotatable bonds is 6. The van der Waals surface area contributed by atoms with Gasteiger partial charge in [0.15, 0.2) is 0 Å². The highest BCUT2D eigenvalue weighted by atomic mass is 35.5. The Morgan fingerprint density at radius 2 is 1.93 bits per heavy atom. The van der Waals surface area contributed by atoms with E-state index in [1.165, 1.54) is 0 Å². The van der Waals surface area contributed by atoms with Crippen molar-refractivity contribution in [3.8, 4) is 5.75 Å². The summed E-state index contributed by atoms with van der Waals surface area (Å²) in [7, 11) is 1.58. The van der Waals surface area contributed by atoms with Crippen molar-refractivity contribution in [1.29, 1.82) is 0 Å². The monoisotopic (exact) mass is 381 g/mol. The summed E-state index contributed by atoms with van der Waals surface area (Å²) >= 11 is 6.07. The Labute approximate surface area is 163 Å². The molecule has 0 unspecified atom stereocenters. The summed E-state index contributed by atoms with van der Waals surface area (Å²) in [6.07, 6.45) is 1.60. The van der Waals surface area contributed by atoms with Crippen LogP contribution in [0.3, 0.4) is 0 Å². The second-order valence-electron chi connectivity index (χ2n) is 5.78. The summed E-state index contributed by atoms with van der Waals surface area (Å²) in [6, 6.07) is 18.3. The fraction of sp³-hybridized carbons (Fsp3) is 0.143. The third-order valence-corrected chi connectivity index (χ3v) is 4.30. The van der Waals surface area contributed by atoms with Crippen molar-refractivity contribution in [2.45, 2.75) is 6.92 Å². The van der Waals surface area contributed by atoms with Crippen LogP contribution < -0.4 is 15.0 Å². The number of amides is 1. The maximum absolute atomic E-state index is 13.0. The van der Waals surface area contributed by atoms with Gasteiger partial charge in [0.2, 0.25) is 0 Å². The molecule has 27 heavy (non-hydrogen) atoms. The molecular formula is C21H20ClN3O2. The topological polar surface area (TPSA) is 54.5 Å². The molecule has 0 atom stereocenters. The lowest BCUT2D eigenvalue weighted by Crippen LogP contribution is -2.30. The van der Waals surface area contributed by atoms with Crippen molar-refractivity contribution < 1.29 is 9.53 Å². The van der Waals surface area contributed by atoms with Gasteiger partial charge in [0, 0.05) is 29.0 Å². The molecule has 0 radical (unpaired) electrons. The molecule has 0 aliphatic carbocycles. The van der Waals surface area contributed by atoms with E-state index in [0.717, 1.165) is 5.69 Å². The van der Waals surface area contributed by atoms with E-state index >= 15 is 0 Å². The van der Waals surface area contributed by atoms with Crippen LogP contribution in [0.5, 0.6) is 5.75 Å². The van der Waals surface area contributed by atoms with E-state index in [4.69, 9.17) is 16.3 Å². The van der Waals surface area contributed by atoms with E-state index in [-0.39, 0.29) is 5.91 Å². The zero-order valence-corrected chi connectivity index (χ0v) is 15.9. The summed E-state index contributed by atoms with van der Waals surface area (Å²) in [5.41, 5.74) is 2.07. The highest BCUT2D eigenvalue weighted by Gasteiger charge is 2.17. The third-order valence-electron chi connectivity index (χ3n) is 4.06. The van der Waals surface area contributed by atoms with Crippen LogP contribution in [0, 0.1) is 0 Å². The second kappa shape index (κ2) is 8.56. The summed E-state index contributed by atoms with van der Waals surface area (Å²) in [5.74, 6) is 1.08. The molecule has 138 valence electrons. The molecule has 0 spiro atoms. The molecule has 0 fully saturated rings. The normalized spacial score (nSPS) is 10.3. The van der Waals surface area contributed by atoms with Crippen molar-refractivity contribution in [3.05, 3.63) is 77.4 Å². The smallest absolute Gasteiger partial charge is 0.258 e. The first kappa shape index (κ1) is 18.7. The Bertz CT molecular complexity index is 932. The van der Waals surface area contributed by atoms with Gasteiger partial charge in [-0.25, -0.2) is 4.98 Å². The van der Waals surface area contributed by atoms with Gasteiger partial charge in [0.1, 0.15) is 11.6 Å². The van der Waals surface area contributed by atoms with Crippen LogP contribution in [0.2, 0.25) is 5.02 Å². The van der Waals surface area contributed by atoms with E-state index in [2.05, 4.69) is 10.3 Å². The fourth-order valence-electron chi connectivity index (χ4n) is 2.76. The molecule has 3 rings (SSSR count). The number of benzene rings is 2. The van der Waals surface area contributed by atoms with Gasteiger partial charge in [0.25, 0.3) is 5.91 Å². The highest BCUT2D eigenvalue weighted by Crippen LogP contribution is 2.30. The van der Waals surface area contributed by atoms with E-state index in [0.29, 0.717) is 34.4 Å². The Morgan fingerprint density at radius 3 is 2.63 bits per heavy atom. The maximum Gasteiger partial charge on any atom is 0.258 e. The number of anilines is 3. The van der Waals surface area contributed by atoms with Crippen molar-refractivity contribution in [2.24, 2.45) is 0 Å². The number of pyridine rings is 1. The molecule has 6 heteroatoms. The van der Waals surface area contributed by atoms with E-state index in [1.807, 2.05) is 37.3 Å². The molecule has 1 N–H and O–H groups in total. The van der Waals surface area contributed by atoms with Crippen LogP contribution in [0.15, 0.2) is 66.9 Å². The first-order valence-electron chi connectivity index (χ1n) is 8.56. The number of methoxy groups -OCH3 is 1. The molecule has 5 nitrogen and oxygen atoms in total. The Kier molecular flexibility index (Phi) is 5.94. The van der Waals surface area contributed by atoms with Crippen LogP contribution >= 0.6 is 11.6 Å². The average molecular weight is 382 g/mol. The first-order chi connectivity index (χ1) is 13.1. The van der Waals surface area contributed by atoms with Crippen molar-refractivity contribution in [3.63, 3.8) is 0 Å². The zero-order valence-electron chi connectivity index (χ0n) is 15.1. The molecular weight excluding hydrogens is 362 g/mol. The minimum Gasteiger partial charge on any atom is -0.495 e. The third kappa shape index (κ3) is 4.38. The predicted molar refractivity (Wildman–Crippen MR) is 109 cm³/mol. The van der Waals surface area contributed by atoms with Crippen LogP contribution in [-0.2, 0) is 0 Å². The number of nitrogens with one attached hydrogen (secondary N) is 1. The number of hydrogen-bond acceptors (Lipinski definition) is 4. The number of halogens is 1. The summed E-state index contributed by atoms with van der Waals surface area (Å²) in [4.78, 5) is 19.0. The molecule has 3 aromatic rings. The van der Waals surface area contributed by atoms with Gasteiger partial charge in [-0.15, -0.1) is 0 Å².